The summed E-state index contributed by atoms with van der Waals surface area (Å²) in [6.07, 6.45) is -1.65. The summed E-state index contributed by atoms with van der Waals surface area (Å²) in [6, 6.07) is 4.85. The van der Waals surface area contributed by atoms with Crippen LogP contribution in [0.3, 0.4) is 0 Å². The number of alkyl halides is 3. The van der Waals surface area contributed by atoms with E-state index < -0.39 is 11.7 Å². The third kappa shape index (κ3) is 2.01. The van der Waals surface area contributed by atoms with Crippen LogP contribution in [-0.4, -0.2) is 4.98 Å². The maximum absolute atomic E-state index is 12.4. The molecular formula is C10H6F3NO. The van der Waals surface area contributed by atoms with E-state index in [9.17, 15) is 13.2 Å². The highest BCUT2D eigenvalue weighted by atomic mass is 19.4. The fourth-order valence-corrected chi connectivity index (χ4v) is 1.19. The maximum Gasteiger partial charge on any atom is 0.416 e. The quantitative estimate of drug-likeness (QED) is 0.725. The van der Waals surface area contributed by atoms with Gasteiger partial charge < -0.3 is 4.42 Å². The van der Waals surface area contributed by atoms with Gasteiger partial charge in [0.1, 0.15) is 6.26 Å². The van der Waals surface area contributed by atoms with Crippen LogP contribution in [0.2, 0.25) is 0 Å². The van der Waals surface area contributed by atoms with Gasteiger partial charge in [-0.3, -0.25) is 0 Å². The van der Waals surface area contributed by atoms with E-state index in [2.05, 4.69) is 4.98 Å². The fraction of sp³-hybridized carbons (Fsp3) is 0.100. The van der Waals surface area contributed by atoms with Crippen LogP contribution in [0.5, 0.6) is 0 Å². The summed E-state index contributed by atoms with van der Waals surface area (Å²) in [7, 11) is 0. The van der Waals surface area contributed by atoms with Crippen molar-refractivity contribution in [3.8, 4) is 11.5 Å². The second kappa shape index (κ2) is 3.42. The zero-order valence-corrected chi connectivity index (χ0v) is 7.45. The van der Waals surface area contributed by atoms with Gasteiger partial charge in [0.2, 0.25) is 5.89 Å². The second-order valence-corrected chi connectivity index (χ2v) is 2.92. The molecule has 1 aromatic heterocycles. The number of oxazole rings is 1. The first kappa shape index (κ1) is 9.76. The summed E-state index contributed by atoms with van der Waals surface area (Å²) in [4.78, 5) is 3.78. The van der Waals surface area contributed by atoms with Gasteiger partial charge >= 0.3 is 6.18 Å². The molecule has 2 aromatic rings. The number of rotatable bonds is 1. The van der Waals surface area contributed by atoms with Crippen LogP contribution in [0.4, 0.5) is 13.2 Å². The molecule has 0 fully saturated rings. The summed E-state index contributed by atoms with van der Waals surface area (Å²) in [6.45, 7) is 0. The molecule has 0 saturated heterocycles. The van der Waals surface area contributed by atoms with Gasteiger partial charge in [0.25, 0.3) is 0 Å². The SMILES string of the molecule is FC(F)(F)c1cccc(-c2ncco2)c1. The maximum atomic E-state index is 12.4. The molecule has 0 aliphatic heterocycles. The fourth-order valence-electron chi connectivity index (χ4n) is 1.19. The van der Waals surface area contributed by atoms with E-state index in [1.807, 2.05) is 0 Å². The van der Waals surface area contributed by atoms with Crippen molar-refractivity contribution in [1.29, 1.82) is 0 Å². The topological polar surface area (TPSA) is 26.0 Å². The van der Waals surface area contributed by atoms with Gasteiger partial charge in [-0.15, -0.1) is 0 Å². The van der Waals surface area contributed by atoms with Crippen LogP contribution < -0.4 is 0 Å². The average Bonchev–Trinajstić information content (AvgIpc) is 2.69. The van der Waals surface area contributed by atoms with Crippen molar-refractivity contribution in [2.75, 3.05) is 0 Å². The molecule has 78 valence electrons. The first-order chi connectivity index (χ1) is 7.07. The lowest BCUT2D eigenvalue weighted by atomic mass is 10.1. The Balaban J connectivity index is 2.44. The van der Waals surface area contributed by atoms with Gasteiger partial charge in [-0.1, -0.05) is 6.07 Å². The Hall–Kier alpha value is -1.78. The Bertz CT molecular complexity index is 448. The molecule has 0 aliphatic rings. The minimum atomic E-state index is -4.34. The Kier molecular flexibility index (Phi) is 2.22. The van der Waals surface area contributed by atoms with Crippen molar-refractivity contribution in [3.63, 3.8) is 0 Å². The Labute approximate surface area is 83.4 Å². The predicted molar refractivity (Wildman–Crippen MR) is 46.9 cm³/mol. The summed E-state index contributed by atoms with van der Waals surface area (Å²) in [5, 5.41) is 0. The molecule has 0 aliphatic carbocycles. The van der Waals surface area contributed by atoms with Crippen LogP contribution in [0.15, 0.2) is 41.1 Å². The number of aromatic nitrogens is 1. The van der Waals surface area contributed by atoms with Crippen molar-refractivity contribution in [3.05, 3.63) is 42.3 Å². The molecule has 2 nitrogen and oxygen atoms in total. The number of hydrogen-bond acceptors (Lipinski definition) is 2. The zero-order chi connectivity index (χ0) is 10.9. The highest BCUT2D eigenvalue weighted by Crippen LogP contribution is 2.31. The van der Waals surface area contributed by atoms with Crippen LogP contribution in [0.25, 0.3) is 11.5 Å². The highest BCUT2D eigenvalue weighted by molar-refractivity contribution is 5.54. The first-order valence-corrected chi connectivity index (χ1v) is 4.14. The lowest BCUT2D eigenvalue weighted by Gasteiger charge is -2.06. The molecule has 0 unspecified atom stereocenters. The summed E-state index contributed by atoms with van der Waals surface area (Å²) in [5.41, 5.74) is -0.395. The Morgan fingerprint density at radius 2 is 2.00 bits per heavy atom. The summed E-state index contributed by atoms with van der Waals surface area (Å²) < 4.78 is 42.0. The van der Waals surface area contributed by atoms with Gasteiger partial charge in [-0.2, -0.15) is 13.2 Å². The Morgan fingerprint density at radius 3 is 2.60 bits per heavy atom. The van der Waals surface area contributed by atoms with E-state index in [1.54, 1.807) is 0 Å². The van der Waals surface area contributed by atoms with Crippen molar-refractivity contribution in [2.24, 2.45) is 0 Å². The molecule has 0 amide bonds. The molecule has 0 spiro atoms. The van der Waals surface area contributed by atoms with Crippen molar-refractivity contribution >= 4 is 0 Å². The van der Waals surface area contributed by atoms with Gasteiger partial charge in [0, 0.05) is 5.56 Å². The first-order valence-electron chi connectivity index (χ1n) is 4.14. The third-order valence-corrected chi connectivity index (χ3v) is 1.87. The highest BCUT2D eigenvalue weighted by Gasteiger charge is 2.30. The molecule has 0 saturated carbocycles. The molecule has 1 heterocycles. The zero-order valence-electron chi connectivity index (χ0n) is 7.45. The summed E-state index contributed by atoms with van der Waals surface area (Å²) >= 11 is 0. The average molecular weight is 213 g/mol. The van der Waals surface area contributed by atoms with Crippen LogP contribution in [-0.2, 0) is 6.18 Å². The van der Waals surface area contributed by atoms with Gasteiger partial charge in [0.15, 0.2) is 0 Å². The van der Waals surface area contributed by atoms with E-state index in [-0.39, 0.29) is 5.89 Å². The molecule has 5 heteroatoms. The van der Waals surface area contributed by atoms with Gasteiger partial charge in [-0.05, 0) is 18.2 Å². The normalized spacial score (nSPS) is 11.7. The molecule has 1 aromatic carbocycles. The monoisotopic (exact) mass is 213 g/mol. The van der Waals surface area contributed by atoms with E-state index in [0.717, 1.165) is 12.1 Å². The largest absolute Gasteiger partial charge is 0.445 e. The Morgan fingerprint density at radius 1 is 1.20 bits per heavy atom. The smallest absolute Gasteiger partial charge is 0.416 e. The van der Waals surface area contributed by atoms with Gasteiger partial charge in [0.05, 0.1) is 11.8 Å². The standard InChI is InChI=1S/C10H6F3NO/c11-10(12,13)8-3-1-2-7(6-8)9-14-4-5-15-9/h1-6H. The molecular weight excluding hydrogens is 207 g/mol. The number of halogens is 3. The minimum absolute atomic E-state index is 0.182. The second-order valence-electron chi connectivity index (χ2n) is 2.92. The molecule has 2 rings (SSSR count). The van der Waals surface area contributed by atoms with E-state index in [4.69, 9.17) is 4.42 Å². The van der Waals surface area contributed by atoms with Crippen molar-refractivity contribution < 1.29 is 17.6 Å². The number of benzene rings is 1. The number of nitrogens with zero attached hydrogens (tertiary/aromatic N) is 1. The molecule has 15 heavy (non-hydrogen) atoms. The van der Waals surface area contributed by atoms with E-state index in [1.165, 1.54) is 24.6 Å². The van der Waals surface area contributed by atoms with Crippen LogP contribution in [0, 0.1) is 0 Å². The van der Waals surface area contributed by atoms with Crippen LogP contribution in [0.1, 0.15) is 5.56 Å². The summed E-state index contributed by atoms with van der Waals surface area (Å²) in [5.74, 6) is 0.182. The van der Waals surface area contributed by atoms with E-state index in [0.29, 0.717) is 5.56 Å². The molecule has 0 bridgehead atoms. The third-order valence-electron chi connectivity index (χ3n) is 1.87. The molecule has 0 atom stereocenters. The van der Waals surface area contributed by atoms with Gasteiger partial charge in [-0.25, -0.2) is 4.98 Å². The molecule has 0 N–H and O–H groups in total. The lowest BCUT2D eigenvalue weighted by Crippen LogP contribution is -2.04. The lowest BCUT2D eigenvalue weighted by molar-refractivity contribution is -0.137. The predicted octanol–water partition coefficient (Wildman–Crippen LogP) is 3.36. The van der Waals surface area contributed by atoms with E-state index >= 15 is 0 Å². The number of hydrogen-bond donors (Lipinski definition) is 0. The van der Waals surface area contributed by atoms with Crippen LogP contribution >= 0.6 is 0 Å². The van der Waals surface area contributed by atoms with Crippen molar-refractivity contribution in [2.45, 2.75) is 6.18 Å². The molecule has 0 radical (unpaired) electrons. The van der Waals surface area contributed by atoms with Crippen molar-refractivity contribution in [1.82, 2.24) is 4.98 Å². The minimum Gasteiger partial charge on any atom is -0.445 e.